The third-order valence-corrected chi connectivity index (χ3v) is 3.35. The second-order valence-electron chi connectivity index (χ2n) is 5.04. The lowest BCUT2D eigenvalue weighted by molar-refractivity contribution is -0.122. The first-order valence-corrected chi connectivity index (χ1v) is 7.84. The number of likely N-dealkylation sites (N-methyl/N-ethyl adjacent to an activating group) is 1. The number of nitrogens with zero attached hydrogens (tertiary/aromatic N) is 3. The van der Waals surface area contributed by atoms with Crippen LogP contribution in [0, 0.1) is 0 Å². The van der Waals surface area contributed by atoms with Gasteiger partial charge in [-0.25, -0.2) is 9.97 Å². The third-order valence-electron chi connectivity index (χ3n) is 3.35. The molecule has 0 saturated carbocycles. The number of benzene rings is 1. The lowest BCUT2D eigenvalue weighted by Gasteiger charge is -2.23. The molecule has 25 heavy (non-hydrogen) atoms. The number of carbonyl (C=O) groups is 1. The van der Waals surface area contributed by atoms with Gasteiger partial charge in [0, 0.05) is 13.1 Å². The van der Waals surface area contributed by atoms with Crippen LogP contribution in [0.15, 0.2) is 36.7 Å². The van der Waals surface area contributed by atoms with Gasteiger partial charge in [-0.1, -0.05) is 18.2 Å². The van der Waals surface area contributed by atoms with Crippen LogP contribution in [0.5, 0.6) is 5.75 Å². The Morgan fingerprint density at radius 3 is 2.76 bits per heavy atom. The molecule has 0 spiro atoms. The summed E-state index contributed by atoms with van der Waals surface area (Å²) in [6.07, 6.45) is 1.33. The predicted octanol–water partition coefficient (Wildman–Crippen LogP) is 0.400. The van der Waals surface area contributed by atoms with Crippen LogP contribution in [0.1, 0.15) is 6.92 Å². The Kier molecular flexibility index (Phi) is 6.78. The number of amides is 1. The van der Waals surface area contributed by atoms with Crippen molar-refractivity contribution in [2.45, 2.75) is 6.92 Å². The van der Waals surface area contributed by atoms with E-state index in [0.717, 1.165) is 0 Å². The minimum Gasteiger partial charge on any atom is -0.484 e. The van der Waals surface area contributed by atoms with E-state index in [0.29, 0.717) is 24.7 Å². The SMILES string of the molecule is CCN(CCO)c1ncnc(NNC(=O)COc2ccccc2)c1N. The van der Waals surface area contributed by atoms with Gasteiger partial charge in [0.1, 0.15) is 17.8 Å². The zero-order valence-corrected chi connectivity index (χ0v) is 14.0. The van der Waals surface area contributed by atoms with Crippen molar-refractivity contribution < 1.29 is 14.6 Å². The maximum Gasteiger partial charge on any atom is 0.276 e. The van der Waals surface area contributed by atoms with Crippen molar-refractivity contribution in [3.8, 4) is 5.75 Å². The number of nitrogens with two attached hydrogens (primary N) is 1. The molecule has 9 heteroatoms. The molecule has 0 aliphatic rings. The van der Waals surface area contributed by atoms with Crippen LogP contribution in [0.4, 0.5) is 17.3 Å². The summed E-state index contributed by atoms with van der Waals surface area (Å²) in [5.41, 5.74) is 11.5. The number of hydrogen-bond acceptors (Lipinski definition) is 8. The number of rotatable bonds is 9. The average molecular weight is 346 g/mol. The van der Waals surface area contributed by atoms with Gasteiger partial charge in [-0.3, -0.25) is 15.6 Å². The van der Waals surface area contributed by atoms with Crippen LogP contribution in [0.2, 0.25) is 0 Å². The van der Waals surface area contributed by atoms with Crippen LogP contribution < -0.4 is 26.2 Å². The third kappa shape index (κ3) is 5.21. The van der Waals surface area contributed by atoms with E-state index in [4.69, 9.17) is 15.6 Å². The quantitative estimate of drug-likeness (QED) is 0.481. The highest BCUT2D eigenvalue weighted by molar-refractivity contribution is 5.81. The molecule has 0 radical (unpaired) electrons. The molecule has 134 valence electrons. The first kappa shape index (κ1) is 18.3. The minimum atomic E-state index is -0.383. The summed E-state index contributed by atoms with van der Waals surface area (Å²) in [7, 11) is 0. The fourth-order valence-corrected chi connectivity index (χ4v) is 2.10. The Labute approximate surface area is 145 Å². The van der Waals surface area contributed by atoms with Gasteiger partial charge >= 0.3 is 0 Å². The van der Waals surface area contributed by atoms with Gasteiger partial charge < -0.3 is 20.5 Å². The summed E-state index contributed by atoms with van der Waals surface area (Å²) in [4.78, 5) is 21.8. The molecular formula is C16H22N6O3. The number of aromatic nitrogens is 2. The number of anilines is 3. The highest BCUT2D eigenvalue weighted by atomic mass is 16.5. The fourth-order valence-electron chi connectivity index (χ4n) is 2.10. The van der Waals surface area contributed by atoms with Crippen molar-refractivity contribution in [1.29, 1.82) is 0 Å². The molecule has 2 rings (SSSR count). The summed E-state index contributed by atoms with van der Waals surface area (Å²) in [5, 5.41) is 9.11. The molecule has 0 aliphatic carbocycles. The van der Waals surface area contributed by atoms with E-state index in [1.807, 2.05) is 30.0 Å². The van der Waals surface area contributed by atoms with Crippen LogP contribution in [0.25, 0.3) is 0 Å². The predicted molar refractivity (Wildman–Crippen MR) is 95.1 cm³/mol. The summed E-state index contributed by atoms with van der Waals surface area (Å²) in [6, 6.07) is 9.02. The van der Waals surface area contributed by atoms with Crippen molar-refractivity contribution in [1.82, 2.24) is 15.4 Å². The van der Waals surface area contributed by atoms with E-state index in [2.05, 4.69) is 20.8 Å². The number of carbonyl (C=O) groups excluding carboxylic acids is 1. The molecule has 0 atom stereocenters. The molecular weight excluding hydrogens is 324 g/mol. The Balaban J connectivity index is 1.92. The lowest BCUT2D eigenvalue weighted by atomic mass is 10.3. The molecule has 1 amide bonds. The molecule has 2 aromatic rings. The van der Waals surface area contributed by atoms with Gasteiger partial charge in [-0.2, -0.15) is 0 Å². The molecule has 9 nitrogen and oxygen atoms in total. The molecule has 1 heterocycles. The first-order valence-electron chi connectivity index (χ1n) is 7.84. The molecule has 5 N–H and O–H groups in total. The van der Waals surface area contributed by atoms with E-state index in [-0.39, 0.29) is 30.6 Å². The topological polar surface area (TPSA) is 126 Å². The zero-order valence-electron chi connectivity index (χ0n) is 14.0. The molecule has 0 aliphatic heterocycles. The minimum absolute atomic E-state index is 0.0202. The second kappa shape index (κ2) is 9.28. The number of aliphatic hydroxyl groups is 1. The number of para-hydroxylation sites is 1. The van der Waals surface area contributed by atoms with Crippen LogP contribution in [-0.2, 0) is 4.79 Å². The summed E-state index contributed by atoms with van der Waals surface area (Å²) in [5.74, 6) is 0.980. The maximum atomic E-state index is 11.9. The first-order chi connectivity index (χ1) is 12.2. The van der Waals surface area contributed by atoms with Crippen LogP contribution >= 0.6 is 0 Å². The summed E-state index contributed by atoms with van der Waals surface area (Å²) >= 11 is 0. The Morgan fingerprint density at radius 1 is 1.32 bits per heavy atom. The number of hydrogen-bond donors (Lipinski definition) is 4. The standard InChI is InChI=1S/C16H22N6O3/c1-2-22(8-9-23)16-14(17)15(18-11-19-16)21-20-13(24)10-25-12-6-4-3-5-7-12/h3-7,11,23H,2,8-10,17H2,1H3,(H,20,24)(H,18,19,21). The number of ether oxygens (including phenoxy) is 1. The van der Waals surface area contributed by atoms with E-state index in [1.165, 1.54) is 6.33 Å². The largest absolute Gasteiger partial charge is 0.484 e. The summed E-state index contributed by atoms with van der Waals surface area (Å²) < 4.78 is 5.35. The van der Waals surface area contributed by atoms with Crippen molar-refractivity contribution in [2.75, 3.05) is 42.4 Å². The summed E-state index contributed by atoms with van der Waals surface area (Å²) in [6.45, 7) is 2.77. The van der Waals surface area contributed by atoms with E-state index >= 15 is 0 Å². The molecule has 0 bridgehead atoms. The van der Waals surface area contributed by atoms with Crippen molar-refractivity contribution >= 4 is 23.2 Å². The van der Waals surface area contributed by atoms with E-state index < -0.39 is 0 Å². The smallest absolute Gasteiger partial charge is 0.276 e. The fraction of sp³-hybridized carbons (Fsp3) is 0.312. The van der Waals surface area contributed by atoms with Crippen LogP contribution in [0.3, 0.4) is 0 Å². The van der Waals surface area contributed by atoms with Crippen molar-refractivity contribution in [3.63, 3.8) is 0 Å². The normalized spacial score (nSPS) is 10.2. The molecule has 0 unspecified atom stereocenters. The van der Waals surface area contributed by atoms with Crippen LogP contribution in [-0.4, -0.2) is 47.3 Å². The zero-order chi connectivity index (χ0) is 18.1. The van der Waals surface area contributed by atoms with Gasteiger partial charge in [-0.15, -0.1) is 0 Å². The number of aliphatic hydroxyl groups excluding tert-OH is 1. The van der Waals surface area contributed by atoms with Gasteiger partial charge in [-0.05, 0) is 19.1 Å². The Hall–Kier alpha value is -3.07. The van der Waals surface area contributed by atoms with E-state index in [9.17, 15) is 4.79 Å². The monoisotopic (exact) mass is 346 g/mol. The van der Waals surface area contributed by atoms with Gasteiger partial charge in [0.05, 0.1) is 6.61 Å². The van der Waals surface area contributed by atoms with E-state index in [1.54, 1.807) is 12.1 Å². The number of nitrogens with one attached hydrogen (secondary N) is 2. The Bertz CT molecular complexity index is 683. The molecule has 1 aromatic carbocycles. The lowest BCUT2D eigenvalue weighted by Crippen LogP contribution is -2.35. The van der Waals surface area contributed by atoms with Crippen molar-refractivity contribution in [2.24, 2.45) is 0 Å². The highest BCUT2D eigenvalue weighted by Gasteiger charge is 2.14. The van der Waals surface area contributed by atoms with Gasteiger partial charge in [0.2, 0.25) is 0 Å². The second-order valence-corrected chi connectivity index (χ2v) is 5.04. The number of hydrazine groups is 1. The highest BCUT2D eigenvalue weighted by Crippen LogP contribution is 2.25. The van der Waals surface area contributed by atoms with Crippen molar-refractivity contribution in [3.05, 3.63) is 36.7 Å². The molecule has 1 aromatic heterocycles. The van der Waals surface area contributed by atoms with Gasteiger partial charge in [0.15, 0.2) is 18.2 Å². The average Bonchev–Trinajstić information content (AvgIpc) is 2.65. The van der Waals surface area contributed by atoms with Gasteiger partial charge in [0.25, 0.3) is 5.91 Å². The molecule has 0 saturated heterocycles. The Morgan fingerprint density at radius 2 is 2.08 bits per heavy atom. The maximum absolute atomic E-state index is 11.9. The molecule has 0 fully saturated rings. The number of nitrogen functional groups attached to an aromatic ring is 1.